The third-order valence-electron chi connectivity index (χ3n) is 3.19. The molecule has 0 bridgehead atoms. The summed E-state index contributed by atoms with van der Waals surface area (Å²) in [5.41, 5.74) is 3.20. The number of nitriles is 1. The molecule has 0 aliphatic carbocycles. The fraction of sp³-hybridized carbons (Fsp3) is 0.211. The molecule has 2 aromatic carbocycles. The van der Waals surface area contributed by atoms with Crippen molar-refractivity contribution < 1.29 is 9.47 Å². The third-order valence-corrected chi connectivity index (χ3v) is 3.77. The van der Waals surface area contributed by atoms with Gasteiger partial charge in [-0.05, 0) is 59.1 Å². The van der Waals surface area contributed by atoms with Crippen LogP contribution in [0.1, 0.15) is 23.6 Å². The van der Waals surface area contributed by atoms with E-state index in [0.717, 1.165) is 15.6 Å². The number of rotatable bonds is 6. The van der Waals surface area contributed by atoms with E-state index in [2.05, 4.69) is 35.0 Å². The molecule has 0 saturated carbocycles. The molecule has 0 spiro atoms. The van der Waals surface area contributed by atoms with Crippen LogP contribution >= 0.6 is 15.9 Å². The van der Waals surface area contributed by atoms with Crippen LogP contribution in [0.4, 0.5) is 0 Å². The van der Waals surface area contributed by atoms with Crippen LogP contribution in [0, 0.1) is 18.3 Å². The van der Waals surface area contributed by atoms with E-state index >= 15 is 0 Å². The zero-order valence-corrected chi connectivity index (χ0v) is 14.8. The average Bonchev–Trinajstić information content (AvgIpc) is 2.54. The summed E-state index contributed by atoms with van der Waals surface area (Å²) in [4.78, 5) is 0. The largest absolute Gasteiger partial charge is 0.490 e. The number of aryl methyl sites for hydroxylation is 1. The maximum atomic E-state index is 8.65. The molecular weight excluding hydrogens is 354 g/mol. The molecule has 3 nitrogen and oxygen atoms in total. The maximum Gasteiger partial charge on any atom is 0.175 e. The number of nitrogens with zero attached hydrogens (tertiary/aromatic N) is 1. The second kappa shape index (κ2) is 8.40. The van der Waals surface area contributed by atoms with Crippen LogP contribution in [0.2, 0.25) is 0 Å². The Kier molecular flexibility index (Phi) is 6.25. The Hall–Kier alpha value is -2.25. The highest BCUT2D eigenvalue weighted by Crippen LogP contribution is 2.37. The van der Waals surface area contributed by atoms with E-state index in [1.165, 1.54) is 11.6 Å². The van der Waals surface area contributed by atoms with E-state index < -0.39 is 0 Å². The number of hydrogen-bond donors (Lipinski definition) is 0. The minimum Gasteiger partial charge on any atom is -0.490 e. The van der Waals surface area contributed by atoms with Crippen LogP contribution in [-0.4, -0.2) is 6.61 Å². The van der Waals surface area contributed by atoms with Gasteiger partial charge in [-0.25, -0.2) is 0 Å². The summed E-state index contributed by atoms with van der Waals surface area (Å²) in [6, 6.07) is 14.0. The molecule has 0 saturated heterocycles. The summed E-state index contributed by atoms with van der Waals surface area (Å²) in [7, 11) is 0. The predicted octanol–water partition coefficient (Wildman–Crippen LogP) is 5.27. The first-order valence-electron chi connectivity index (χ1n) is 7.35. The first-order valence-corrected chi connectivity index (χ1v) is 8.14. The van der Waals surface area contributed by atoms with Crippen molar-refractivity contribution in [3.8, 4) is 17.6 Å². The van der Waals surface area contributed by atoms with E-state index in [4.69, 9.17) is 14.7 Å². The molecule has 0 amide bonds. The van der Waals surface area contributed by atoms with Crippen LogP contribution in [0.3, 0.4) is 0 Å². The Morgan fingerprint density at radius 3 is 2.57 bits per heavy atom. The van der Waals surface area contributed by atoms with Gasteiger partial charge in [0, 0.05) is 6.08 Å². The highest BCUT2D eigenvalue weighted by molar-refractivity contribution is 9.10. The van der Waals surface area contributed by atoms with Crippen molar-refractivity contribution in [3.05, 3.63) is 63.6 Å². The fourth-order valence-electron chi connectivity index (χ4n) is 2.06. The number of allylic oxidation sites excluding steroid dienone is 1. The van der Waals surface area contributed by atoms with E-state index in [0.29, 0.717) is 24.7 Å². The molecule has 0 aromatic heterocycles. The smallest absolute Gasteiger partial charge is 0.175 e. The van der Waals surface area contributed by atoms with Crippen molar-refractivity contribution in [2.75, 3.05) is 6.61 Å². The van der Waals surface area contributed by atoms with Crippen molar-refractivity contribution in [2.45, 2.75) is 20.5 Å². The summed E-state index contributed by atoms with van der Waals surface area (Å²) in [5.74, 6) is 1.33. The van der Waals surface area contributed by atoms with Gasteiger partial charge >= 0.3 is 0 Å². The van der Waals surface area contributed by atoms with Crippen molar-refractivity contribution in [3.63, 3.8) is 0 Å². The van der Waals surface area contributed by atoms with Crippen LogP contribution < -0.4 is 9.47 Å². The molecule has 0 unspecified atom stereocenters. The molecule has 118 valence electrons. The molecule has 0 fully saturated rings. The van der Waals surface area contributed by atoms with Crippen LogP contribution in [0.5, 0.6) is 11.5 Å². The average molecular weight is 372 g/mol. The van der Waals surface area contributed by atoms with Gasteiger partial charge in [0.25, 0.3) is 0 Å². The van der Waals surface area contributed by atoms with Crippen molar-refractivity contribution in [2.24, 2.45) is 0 Å². The summed E-state index contributed by atoms with van der Waals surface area (Å²) in [6.07, 6.45) is 3.17. The topological polar surface area (TPSA) is 42.2 Å². The lowest BCUT2D eigenvalue weighted by atomic mass is 10.1. The van der Waals surface area contributed by atoms with Gasteiger partial charge < -0.3 is 9.47 Å². The monoisotopic (exact) mass is 371 g/mol. The van der Waals surface area contributed by atoms with Gasteiger partial charge in [0.15, 0.2) is 11.5 Å². The van der Waals surface area contributed by atoms with Crippen molar-refractivity contribution in [1.29, 1.82) is 5.26 Å². The molecule has 0 radical (unpaired) electrons. The Bertz CT molecular complexity index is 730. The molecular formula is C19H18BrNO2. The summed E-state index contributed by atoms with van der Waals surface area (Å²) in [6.45, 7) is 4.99. The quantitative estimate of drug-likeness (QED) is 0.649. The van der Waals surface area contributed by atoms with Gasteiger partial charge in [-0.3, -0.25) is 0 Å². The summed E-state index contributed by atoms with van der Waals surface area (Å²) >= 11 is 3.52. The number of hydrogen-bond acceptors (Lipinski definition) is 3. The molecule has 0 atom stereocenters. The number of ether oxygens (including phenoxy) is 2. The third kappa shape index (κ3) is 4.87. The van der Waals surface area contributed by atoms with Gasteiger partial charge in [-0.2, -0.15) is 5.26 Å². The fourth-order valence-corrected chi connectivity index (χ4v) is 2.63. The molecule has 2 rings (SSSR count). The van der Waals surface area contributed by atoms with E-state index in [-0.39, 0.29) is 0 Å². The van der Waals surface area contributed by atoms with Crippen LogP contribution in [0.15, 0.2) is 46.9 Å². The second-order valence-electron chi connectivity index (χ2n) is 5.00. The highest BCUT2D eigenvalue weighted by atomic mass is 79.9. The molecule has 2 aromatic rings. The van der Waals surface area contributed by atoms with Crippen LogP contribution in [-0.2, 0) is 6.61 Å². The minimum atomic E-state index is 0.465. The number of halogens is 1. The van der Waals surface area contributed by atoms with Gasteiger partial charge in [-0.1, -0.05) is 29.8 Å². The molecule has 23 heavy (non-hydrogen) atoms. The molecule has 0 heterocycles. The van der Waals surface area contributed by atoms with E-state index in [1.807, 2.05) is 37.3 Å². The van der Waals surface area contributed by atoms with Crippen molar-refractivity contribution >= 4 is 22.0 Å². The lowest BCUT2D eigenvalue weighted by Gasteiger charge is -2.15. The standard InChI is InChI=1S/C19H18BrNO2/c1-3-22-18-12-16(5-4-10-21)11-17(20)19(18)23-13-15-8-6-14(2)7-9-15/h4-9,11-12H,3,13H2,1-2H3/b5-4+. The summed E-state index contributed by atoms with van der Waals surface area (Å²) < 4.78 is 12.4. The highest BCUT2D eigenvalue weighted by Gasteiger charge is 2.12. The van der Waals surface area contributed by atoms with E-state index in [9.17, 15) is 0 Å². The lowest BCUT2D eigenvalue weighted by Crippen LogP contribution is -2.01. The minimum absolute atomic E-state index is 0.465. The molecule has 4 heteroatoms. The zero-order chi connectivity index (χ0) is 16.7. The molecule has 0 N–H and O–H groups in total. The number of benzene rings is 2. The summed E-state index contributed by atoms with van der Waals surface area (Å²) in [5, 5.41) is 8.65. The molecule has 0 aliphatic rings. The van der Waals surface area contributed by atoms with Gasteiger partial charge in [0.05, 0.1) is 17.1 Å². The Morgan fingerprint density at radius 2 is 1.91 bits per heavy atom. The van der Waals surface area contributed by atoms with Crippen molar-refractivity contribution in [1.82, 2.24) is 0 Å². The Balaban J connectivity index is 2.24. The lowest BCUT2D eigenvalue weighted by molar-refractivity contribution is 0.267. The van der Waals surface area contributed by atoms with E-state index in [1.54, 1.807) is 6.08 Å². The first-order chi connectivity index (χ1) is 11.1. The van der Waals surface area contributed by atoms with Gasteiger partial charge in [0.1, 0.15) is 6.61 Å². The zero-order valence-electron chi connectivity index (χ0n) is 13.2. The van der Waals surface area contributed by atoms with Gasteiger partial charge in [0.2, 0.25) is 0 Å². The normalized spacial score (nSPS) is 10.5. The Morgan fingerprint density at radius 1 is 1.17 bits per heavy atom. The second-order valence-corrected chi connectivity index (χ2v) is 5.85. The SMILES string of the molecule is CCOc1cc(/C=C/C#N)cc(Br)c1OCc1ccc(C)cc1. The van der Waals surface area contributed by atoms with Crippen LogP contribution in [0.25, 0.3) is 6.08 Å². The molecule has 0 aliphatic heterocycles. The Labute approximate surface area is 145 Å². The maximum absolute atomic E-state index is 8.65. The first kappa shape index (κ1) is 17.1. The van der Waals surface area contributed by atoms with Gasteiger partial charge in [-0.15, -0.1) is 0 Å². The predicted molar refractivity (Wildman–Crippen MR) is 95.5 cm³/mol.